The second-order valence-electron chi connectivity index (χ2n) is 4.50. The number of nitrogens with zero attached hydrogens (tertiary/aromatic N) is 2. The predicted molar refractivity (Wildman–Crippen MR) is 63.4 cm³/mol. The van der Waals surface area contributed by atoms with Crippen LogP contribution in [0.3, 0.4) is 0 Å². The van der Waals surface area contributed by atoms with Crippen LogP contribution in [0, 0.1) is 0 Å². The van der Waals surface area contributed by atoms with Gasteiger partial charge in [0.25, 0.3) is 0 Å². The summed E-state index contributed by atoms with van der Waals surface area (Å²) in [5.41, 5.74) is 0. The van der Waals surface area contributed by atoms with Gasteiger partial charge in [-0.25, -0.2) is 0 Å². The Bertz CT molecular complexity index is 215. The molecule has 1 saturated heterocycles. The highest BCUT2D eigenvalue weighted by atomic mass is 16.5. The molecule has 0 aliphatic carbocycles. The van der Waals surface area contributed by atoms with Crippen molar-refractivity contribution in [2.24, 2.45) is 0 Å². The van der Waals surface area contributed by atoms with Crippen LogP contribution in [0.4, 0.5) is 0 Å². The molecular formula is C11H23N3O2. The van der Waals surface area contributed by atoms with Gasteiger partial charge in [-0.05, 0) is 7.05 Å². The molecule has 1 aliphatic heterocycles. The van der Waals surface area contributed by atoms with Gasteiger partial charge in [-0.2, -0.15) is 0 Å². The minimum Gasteiger partial charge on any atom is -0.374 e. The van der Waals surface area contributed by atoms with E-state index in [0.717, 1.165) is 32.8 Å². The molecule has 5 heteroatoms. The number of hydrogen-bond donors (Lipinski definition) is 1. The molecule has 1 fully saturated rings. The number of hydrogen-bond acceptors (Lipinski definition) is 4. The van der Waals surface area contributed by atoms with E-state index in [1.165, 1.54) is 0 Å². The molecule has 1 rings (SSSR count). The summed E-state index contributed by atoms with van der Waals surface area (Å²) in [6.45, 7) is 4.31. The van der Waals surface area contributed by atoms with Crippen molar-refractivity contribution in [1.82, 2.24) is 15.1 Å². The molecule has 1 heterocycles. The van der Waals surface area contributed by atoms with Gasteiger partial charge >= 0.3 is 0 Å². The fourth-order valence-electron chi connectivity index (χ4n) is 1.69. The van der Waals surface area contributed by atoms with Crippen LogP contribution in [-0.4, -0.2) is 75.7 Å². The zero-order valence-electron chi connectivity index (χ0n) is 10.5. The van der Waals surface area contributed by atoms with Crippen molar-refractivity contribution in [3.8, 4) is 0 Å². The lowest BCUT2D eigenvalue weighted by Gasteiger charge is -2.28. The Morgan fingerprint density at radius 1 is 1.44 bits per heavy atom. The smallest absolute Gasteiger partial charge is 0.223 e. The molecule has 0 saturated carbocycles. The Morgan fingerprint density at radius 3 is 2.75 bits per heavy atom. The van der Waals surface area contributed by atoms with E-state index in [1.54, 1.807) is 19.0 Å². The van der Waals surface area contributed by atoms with Gasteiger partial charge in [-0.15, -0.1) is 0 Å². The largest absolute Gasteiger partial charge is 0.374 e. The van der Waals surface area contributed by atoms with E-state index in [9.17, 15) is 4.79 Å². The van der Waals surface area contributed by atoms with E-state index < -0.39 is 0 Å². The van der Waals surface area contributed by atoms with Crippen LogP contribution in [0.5, 0.6) is 0 Å². The van der Waals surface area contributed by atoms with E-state index in [0.29, 0.717) is 6.42 Å². The van der Waals surface area contributed by atoms with Gasteiger partial charge < -0.3 is 19.9 Å². The quantitative estimate of drug-likeness (QED) is 0.683. The molecule has 1 atom stereocenters. The minimum atomic E-state index is 0.175. The number of ether oxygens (including phenoxy) is 1. The molecule has 0 aromatic rings. The molecule has 0 bridgehead atoms. The van der Waals surface area contributed by atoms with Crippen LogP contribution in [0.2, 0.25) is 0 Å². The third-order valence-corrected chi connectivity index (χ3v) is 2.73. The van der Waals surface area contributed by atoms with Gasteiger partial charge in [0.1, 0.15) is 0 Å². The maximum Gasteiger partial charge on any atom is 0.223 e. The summed E-state index contributed by atoms with van der Waals surface area (Å²) in [4.78, 5) is 15.2. The third kappa shape index (κ3) is 4.92. The normalized spacial score (nSPS) is 21.1. The lowest BCUT2D eigenvalue weighted by Crippen LogP contribution is -2.44. The Hall–Kier alpha value is -0.650. The number of morpholine rings is 1. The minimum absolute atomic E-state index is 0.175. The summed E-state index contributed by atoms with van der Waals surface area (Å²) in [7, 11) is 5.61. The predicted octanol–water partition coefficient (Wildman–Crippen LogP) is -0.615. The third-order valence-electron chi connectivity index (χ3n) is 2.73. The zero-order valence-corrected chi connectivity index (χ0v) is 10.5. The molecule has 1 unspecified atom stereocenters. The summed E-state index contributed by atoms with van der Waals surface area (Å²) in [6, 6.07) is 0. The van der Waals surface area contributed by atoms with E-state index in [-0.39, 0.29) is 12.0 Å². The van der Waals surface area contributed by atoms with Crippen LogP contribution in [-0.2, 0) is 9.53 Å². The standard InChI is InChI=1S/C11H23N3O2/c1-13(2)11(15)4-6-14(3)9-10-8-12-5-7-16-10/h10,12H,4-9H2,1-3H3. The van der Waals surface area contributed by atoms with Crippen molar-refractivity contribution in [3.63, 3.8) is 0 Å². The summed E-state index contributed by atoms with van der Waals surface area (Å²) in [6.07, 6.45) is 0.831. The first-order valence-corrected chi connectivity index (χ1v) is 5.80. The molecule has 1 amide bonds. The maximum atomic E-state index is 11.4. The Morgan fingerprint density at radius 2 is 2.19 bits per heavy atom. The lowest BCUT2D eigenvalue weighted by molar-refractivity contribution is -0.129. The molecule has 94 valence electrons. The number of nitrogens with one attached hydrogen (secondary N) is 1. The average molecular weight is 229 g/mol. The molecule has 16 heavy (non-hydrogen) atoms. The molecule has 1 aliphatic rings. The fraction of sp³-hybridized carbons (Fsp3) is 0.909. The first-order chi connectivity index (χ1) is 7.59. The molecule has 0 aromatic carbocycles. The van der Waals surface area contributed by atoms with Crippen LogP contribution < -0.4 is 5.32 Å². The van der Waals surface area contributed by atoms with E-state index in [4.69, 9.17) is 4.74 Å². The monoisotopic (exact) mass is 229 g/mol. The Kier molecular flexibility index (Phi) is 5.73. The summed E-state index contributed by atoms with van der Waals surface area (Å²) >= 11 is 0. The Labute approximate surface area is 97.7 Å². The van der Waals surface area contributed by atoms with Crippen LogP contribution in [0.15, 0.2) is 0 Å². The highest BCUT2D eigenvalue weighted by molar-refractivity contribution is 5.75. The number of carbonyl (C=O) groups excluding carboxylic acids is 1. The average Bonchev–Trinajstić information content (AvgIpc) is 2.27. The molecule has 1 N–H and O–H groups in total. The van der Waals surface area contributed by atoms with Crippen molar-refractivity contribution < 1.29 is 9.53 Å². The maximum absolute atomic E-state index is 11.4. The van der Waals surface area contributed by atoms with Crippen molar-refractivity contribution in [2.75, 3.05) is 53.9 Å². The topological polar surface area (TPSA) is 44.8 Å². The van der Waals surface area contributed by atoms with Gasteiger partial charge in [-0.1, -0.05) is 0 Å². The number of rotatable bonds is 5. The van der Waals surface area contributed by atoms with Crippen molar-refractivity contribution in [3.05, 3.63) is 0 Å². The molecular weight excluding hydrogens is 206 g/mol. The van der Waals surface area contributed by atoms with E-state index in [1.807, 2.05) is 7.05 Å². The SMILES string of the molecule is CN(CCC(=O)N(C)C)CC1CNCCO1. The van der Waals surface area contributed by atoms with Gasteiger partial charge in [0.15, 0.2) is 0 Å². The lowest BCUT2D eigenvalue weighted by atomic mass is 10.2. The van der Waals surface area contributed by atoms with Gasteiger partial charge in [-0.3, -0.25) is 4.79 Å². The Balaban J connectivity index is 2.14. The number of likely N-dealkylation sites (N-methyl/N-ethyl adjacent to an activating group) is 1. The van der Waals surface area contributed by atoms with Crippen molar-refractivity contribution in [1.29, 1.82) is 0 Å². The summed E-state index contributed by atoms with van der Waals surface area (Å²) in [5, 5.41) is 3.30. The van der Waals surface area contributed by atoms with Crippen LogP contribution >= 0.6 is 0 Å². The molecule has 0 aromatic heterocycles. The molecule has 0 spiro atoms. The number of amides is 1. The first-order valence-electron chi connectivity index (χ1n) is 5.80. The number of carbonyl (C=O) groups is 1. The van der Waals surface area contributed by atoms with Gasteiger partial charge in [0.2, 0.25) is 5.91 Å². The van der Waals surface area contributed by atoms with E-state index >= 15 is 0 Å². The highest BCUT2D eigenvalue weighted by Crippen LogP contribution is 2.00. The molecule has 0 radical (unpaired) electrons. The van der Waals surface area contributed by atoms with Crippen LogP contribution in [0.25, 0.3) is 0 Å². The van der Waals surface area contributed by atoms with Gasteiger partial charge in [0.05, 0.1) is 12.7 Å². The van der Waals surface area contributed by atoms with Crippen molar-refractivity contribution >= 4 is 5.91 Å². The van der Waals surface area contributed by atoms with Crippen molar-refractivity contribution in [2.45, 2.75) is 12.5 Å². The zero-order chi connectivity index (χ0) is 12.0. The summed E-state index contributed by atoms with van der Waals surface area (Å²) in [5.74, 6) is 0.175. The fourth-order valence-corrected chi connectivity index (χ4v) is 1.69. The molecule has 5 nitrogen and oxygen atoms in total. The highest BCUT2D eigenvalue weighted by Gasteiger charge is 2.15. The van der Waals surface area contributed by atoms with E-state index in [2.05, 4.69) is 10.2 Å². The second kappa shape index (κ2) is 6.83. The second-order valence-corrected chi connectivity index (χ2v) is 4.50. The van der Waals surface area contributed by atoms with Crippen LogP contribution in [0.1, 0.15) is 6.42 Å². The summed E-state index contributed by atoms with van der Waals surface area (Å²) < 4.78 is 5.60. The first kappa shape index (κ1) is 13.4. The van der Waals surface area contributed by atoms with Gasteiger partial charge in [0, 0.05) is 46.7 Å².